The molecule has 3 heterocycles. The van der Waals surface area contributed by atoms with Gasteiger partial charge in [-0.25, -0.2) is 14.1 Å². The monoisotopic (exact) mass is 405 g/mol. The minimum Gasteiger partial charge on any atom is -0.227 e. The van der Waals surface area contributed by atoms with Gasteiger partial charge in [0, 0.05) is 4.88 Å². The zero-order valence-corrected chi connectivity index (χ0v) is 15.8. The fourth-order valence-corrected chi connectivity index (χ4v) is 4.01. The molecule has 0 bridgehead atoms. The van der Waals surface area contributed by atoms with Crippen molar-refractivity contribution in [2.75, 3.05) is 0 Å². The van der Waals surface area contributed by atoms with Crippen LogP contribution in [0.15, 0.2) is 42.5 Å². The molecule has 4 rings (SSSR count). The maximum atomic E-state index is 13.8. The van der Waals surface area contributed by atoms with Crippen LogP contribution >= 0.6 is 11.3 Å². The lowest BCUT2D eigenvalue weighted by molar-refractivity contribution is -0.136. The van der Waals surface area contributed by atoms with E-state index in [-0.39, 0.29) is 22.4 Å². The summed E-state index contributed by atoms with van der Waals surface area (Å²) >= 11 is 1.42. The van der Waals surface area contributed by atoms with E-state index in [4.69, 9.17) is 0 Å². The number of benzene rings is 1. The van der Waals surface area contributed by atoms with Gasteiger partial charge >= 0.3 is 6.18 Å². The van der Waals surface area contributed by atoms with Crippen molar-refractivity contribution in [2.24, 2.45) is 0 Å². The number of aryl methyl sites for hydroxylation is 2. The van der Waals surface area contributed by atoms with Crippen LogP contribution in [0.4, 0.5) is 17.6 Å². The van der Waals surface area contributed by atoms with E-state index in [1.165, 1.54) is 47.2 Å². The van der Waals surface area contributed by atoms with Crippen molar-refractivity contribution in [3.8, 4) is 16.3 Å². The van der Waals surface area contributed by atoms with Crippen LogP contribution in [0.1, 0.15) is 23.1 Å². The van der Waals surface area contributed by atoms with Crippen molar-refractivity contribution < 1.29 is 17.6 Å². The van der Waals surface area contributed by atoms with E-state index >= 15 is 0 Å². The summed E-state index contributed by atoms with van der Waals surface area (Å²) in [5.41, 5.74) is 0.224. The zero-order valence-electron chi connectivity index (χ0n) is 15.0. The molecule has 144 valence electrons. The summed E-state index contributed by atoms with van der Waals surface area (Å²) in [5.74, 6) is -0.438. The first-order valence-corrected chi connectivity index (χ1v) is 9.42. The van der Waals surface area contributed by atoms with E-state index in [1.807, 2.05) is 13.0 Å². The Hall–Kier alpha value is -2.74. The summed E-state index contributed by atoms with van der Waals surface area (Å²) in [5, 5.41) is 4.21. The molecule has 0 radical (unpaired) electrons. The van der Waals surface area contributed by atoms with E-state index in [1.54, 1.807) is 6.07 Å². The lowest BCUT2D eigenvalue weighted by Crippen LogP contribution is -2.07. The number of aromatic nitrogens is 3. The van der Waals surface area contributed by atoms with Gasteiger partial charge in [0.2, 0.25) is 0 Å². The van der Waals surface area contributed by atoms with Gasteiger partial charge in [0.05, 0.1) is 32.9 Å². The molecule has 0 spiro atoms. The van der Waals surface area contributed by atoms with Gasteiger partial charge in [-0.2, -0.15) is 18.3 Å². The highest BCUT2D eigenvalue weighted by atomic mass is 32.1. The molecular formula is C20H15F4N3S. The molecule has 28 heavy (non-hydrogen) atoms. The molecule has 0 aliphatic rings. The average molecular weight is 405 g/mol. The zero-order chi connectivity index (χ0) is 20.1. The topological polar surface area (TPSA) is 30.7 Å². The van der Waals surface area contributed by atoms with Crippen LogP contribution in [0.25, 0.3) is 27.3 Å². The Labute approximate surface area is 162 Å². The van der Waals surface area contributed by atoms with Gasteiger partial charge in [0.15, 0.2) is 5.65 Å². The van der Waals surface area contributed by atoms with Crippen LogP contribution in [0.2, 0.25) is 0 Å². The Kier molecular flexibility index (Phi) is 4.45. The molecule has 4 aromatic rings. The van der Waals surface area contributed by atoms with Crippen molar-refractivity contribution in [2.45, 2.75) is 26.4 Å². The van der Waals surface area contributed by atoms with Gasteiger partial charge in [0.1, 0.15) is 5.82 Å². The summed E-state index contributed by atoms with van der Waals surface area (Å²) in [4.78, 5) is 6.23. The number of thiophene rings is 1. The van der Waals surface area contributed by atoms with Crippen LogP contribution in [-0.4, -0.2) is 14.8 Å². The van der Waals surface area contributed by atoms with Gasteiger partial charge in [0.25, 0.3) is 0 Å². The Morgan fingerprint density at radius 3 is 2.39 bits per heavy atom. The Morgan fingerprint density at radius 2 is 1.79 bits per heavy atom. The molecule has 1 aromatic carbocycles. The summed E-state index contributed by atoms with van der Waals surface area (Å²) in [6, 6.07) is 10.1. The van der Waals surface area contributed by atoms with E-state index in [9.17, 15) is 17.6 Å². The lowest BCUT2D eigenvalue weighted by atomic mass is 10.1. The van der Waals surface area contributed by atoms with Gasteiger partial charge in [-0.15, -0.1) is 11.3 Å². The number of hydrogen-bond donors (Lipinski definition) is 0. The normalized spacial score (nSPS) is 12.1. The van der Waals surface area contributed by atoms with Gasteiger partial charge in [-0.1, -0.05) is 6.92 Å². The van der Waals surface area contributed by atoms with Crippen molar-refractivity contribution in [3.05, 3.63) is 64.4 Å². The molecule has 3 aromatic heterocycles. The predicted molar refractivity (Wildman–Crippen MR) is 101 cm³/mol. The minimum atomic E-state index is -4.55. The SMILES string of the molecule is CCc1ccc(-c2cc(C(F)(F)F)c3c(C)nn(-c4ccc(F)cc4)c3n2)s1. The third-order valence-corrected chi connectivity index (χ3v) is 5.70. The average Bonchev–Trinajstić information content (AvgIpc) is 3.26. The largest absolute Gasteiger partial charge is 0.417 e. The first-order chi connectivity index (χ1) is 13.3. The molecule has 3 nitrogen and oxygen atoms in total. The van der Waals surface area contributed by atoms with Crippen LogP contribution in [-0.2, 0) is 12.6 Å². The summed E-state index contributed by atoms with van der Waals surface area (Å²) < 4.78 is 56.1. The molecule has 0 aliphatic heterocycles. The van der Waals surface area contributed by atoms with Crippen LogP contribution < -0.4 is 0 Å². The van der Waals surface area contributed by atoms with Crippen LogP contribution in [0, 0.1) is 12.7 Å². The van der Waals surface area contributed by atoms with Crippen LogP contribution in [0.5, 0.6) is 0 Å². The Morgan fingerprint density at radius 1 is 1.07 bits per heavy atom. The molecule has 0 saturated heterocycles. The second-order valence-electron chi connectivity index (χ2n) is 6.34. The van der Waals surface area contributed by atoms with E-state index < -0.39 is 17.6 Å². The molecule has 0 fully saturated rings. The molecule has 0 saturated carbocycles. The summed E-state index contributed by atoms with van der Waals surface area (Å²) in [7, 11) is 0. The first kappa shape index (κ1) is 18.6. The molecule has 0 unspecified atom stereocenters. The number of hydrogen-bond acceptors (Lipinski definition) is 3. The quantitative estimate of drug-likeness (QED) is 0.381. The second-order valence-corrected chi connectivity index (χ2v) is 7.51. The molecule has 8 heteroatoms. The predicted octanol–water partition coefficient (Wildman–Crippen LogP) is 6.18. The van der Waals surface area contributed by atoms with Crippen molar-refractivity contribution >= 4 is 22.4 Å². The number of halogens is 4. The molecule has 0 aliphatic carbocycles. The highest BCUT2D eigenvalue weighted by Gasteiger charge is 2.36. The fourth-order valence-electron chi connectivity index (χ4n) is 3.11. The molecule has 0 atom stereocenters. The van der Waals surface area contributed by atoms with E-state index in [2.05, 4.69) is 10.1 Å². The highest BCUT2D eigenvalue weighted by molar-refractivity contribution is 7.15. The summed E-state index contributed by atoms with van der Waals surface area (Å²) in [6.45, 7) is 3.50. The number of nitrogens with zero attached hydrogens (tertiary/aromatic N) is 3. The first-order valence-electron chi connectivity index (χ1n) is 8.60. The Bertz CT molecular complexity index is 1160. The van der Waals surface area contributed by atoms with E-state index in [0.29, 0.717) is 10.6 Å². The highest BCUT2D eigenvalue weighted by Crippen LogP contribution is 2.39. The third-order valence-electron chi connectivity index (χ3n) is 4.45. The van der Waals surface area contributed by atoms with Crippen molar-refractivity contribution in [1.82, 2.24) is 14.8 Å². The number of rotatable bonds is 3. The Balaban J connectivity index is 2.02. The number of pyridine rings is 1. The molecule has 0 amide bonds. The number of alkyl halides is 3. The van der Waals surface area contributed by atoms with E-state index in [0.717, 1.165) is 17.4 Å². The number of fused-ring (bicyclic) bond motifs is 1. The standard InChI is InChI=1S/C20H15F4N3S/c1-3-14-8-9-17(28-14)16-10-15(20(22,23)24)18-11(2)26-27(19(18)25-16)13-6-4-12(21)5-7-13/h4-10H,3H2,1-2H3. The second kappa shape index (κ2) is 6.70. The smallest absolute Gasteiger partial charge is 0.227 e. The maximum Gasteiger partial charge on any atom is 0.417 e. The van der Waals surface area contributed by atoms with Gasteiger partial charge < -0.3 is 0 Å². The molecule has 0 N–H and O–H groups in total. The third kappa shape index (κ3) is 3.17. The van der Waals surface area contributed by atoms with Crippen molar-refractivity contribution in [1.29, 1.82) is 0 Å². The van der Waals surface area contributed by atoms with Crippen LogP contribution in [0.3, 0.4) is 0 Å². The van der Waals surface area contributed by atoms with Crippen molar-refractivity contribution in [3.63, 3.8) is 0 Å². The van der Waals surface area contributed by atoms with Gasteiger partial charge in [-0.3, -0.25) is 0 Å². The van der Waals surface area contributed by atoms with Gasteiger partial charge in [-0.05, 0) is 55.8 Å². The summed E-state index contributed by atoms with van der Waals surface area (Å²) in [6.07, 6.45) is -3.76. The maximum absolute atomic E-state index is 13.8. The molecular weight excluding hydrogens is 390 g/mol. The minimum absolute atomic E-state index is 0.0483. The fraction of sp³-hybridized carbons (Fsp3) is 0.200. The lowest BCUT2D eigenvalue weighted by Gasteiger charge is -2.11.